The molecule has 4 heteroatoms. The van der Waals surface area contributed by atoms with Crippen LogP contribution in [-0.4, -0.2) is 57.0 Å². The summed E-state index contributed by atoms with van der Waals surface area (Å²) in [6, 6.07) is 9.05. The maximum absolute atomic E-state index is 11.5. The third-order valence-corrected chi connectivity index (χ3v) is 2.00. The van der Waals surface area contributed by atoms with Crippen molar-refractivity contribution >= 4 is 5.97 Å². The molecular formula is C15H28NO3+. The van der Waals surface area contributed by atoms with Crippen molar-refractivity contribution in [2.45, 2.75) is 13.8 Å². The molecule has 4 nitrogen and oxygen atoms in total. The van der Waals surface area contributed by atoms with E-state index in [1.807, 2.05) is 32.0 Å². The molecule has 0 aliphatic heterocycles. The normalized spacial score (nSPS) is 9.42. The SMILES string of the molecule is CC.CO.C[N+](C)(C)CCOC(=O)c1ccccc1. The zero-order valence-electron chi connectivity index (χ0n) is 13.0. The van der Waals surface area contributed by atoms with Gasteiger partial charge in [0.25, 0.3) is 0 Å². The van der Waals surface area contributed by atoms with Gasteiger partial charge in [-0.3, -0.25) is 0 Å². The van der Waals surface area contributed by atoms with Gasteiger partial charge in [-0.2, -0.15) is 0 Å². The number of rotatable bonds is 4. The van der Waals surface area contributed by atoms with E-state index in [9.17, 15) is 4.79 Å². The third kappa shape index (κ3) is 11.4. The quantitative estimate of drug-likeness (QED) is 0.674. The Morgan fingerprint density at radius 1 is 1.11 bits per heavy atom. The van der Waals surface area contributed by atoms with Crippen LogP contribution in [0.25, 0.3) is 0 Å². The highest BCUT2D eigenvalue weighted by atomic mass is 16.5. The fraction of sp³-hybridized carbons (Fsp3) is 0.533. The Balaban J connectivity index is 0. The summed E-state index contributed by atoms with van der Waals surface area (Å²) in [4.78, 5) is 11.5. The molecule has 1 N–H and O–H groups in total. The van der Waals surface area contributed by atoms with Crippen molar-refractivity contribution in [3.8, 4) is 0 Å². The molecule has 110 valence electrons. The Hall–Kier alpha value is -1.39. The number of nitrogens with zero attached hydrogens (tertiary/aromatic N) is 1. The van der Waals surface area contributed by atoms with Crippen LogP contribution < -0.4 is 0 Å². The van der Waals surface area contributed by atoms with Crippen LogP contribution in [0.2, 0.25) is 0 Å². The molecule has 0 heterocycles. The second kappa shape index (κ2) is 11.7. The molecule has 1 rings (SSSR count). The molecule has 1 aromatic carbocycles. The van der Waals surface area contributed by atoms with Gasteiger partial charge in [-0.25, -0.2) is 4.79 Å². The van der Waals surface area contributed by atoms with Crippen LogP contribution in [0.15, 0.2) is 30.3 Å². The van der Waals surface area contributed by atoms with Gasteiger partial charge in [0.15, 0.2) is 0 Å². The lowest BCUT2D eigenvalue weighted by Crippen LogP contribution is -2.38. The molecule has 0 saturated heterocycles. The number of likely N-dealkylation sites (N-methyl/N-ethyl adjacent to an activating group) is 1. The Morgan fingerprint density at radius 3 is 2.00 bits per heavy atom. The minimum Gasteiger partial charge on any atom is -0.456 e. The molecular weight excluding hydrogens is 242 g/mol. The van der Waals surface area contributed by atoms with Gasteiger partial charge in [0.2, 0.25) is 0 Å². The maximum Gasteiger partial charge on any atom is 0.338 e. The number of benzene rings is 1. The second-order valence-corrected chi connectivity index (χ2v) is 4.52. The van der Waals surface area contributed by atoms with Crippen molar-refractivity contribution in [2.24, 2.45) is 0 Å². The first-order valence-electron chi connectivity index (χ1n) is 6.46. The van der Waals surface area contributed by atoms with Crippen LogP contribution in [0.1, 0.15) is 24.2 Å². The first kappa shape index (κ1) is 19.9. The summed E-state index contributed by atoms with van der Waals surface area (Å²) >= 11 is 0. The van der Waals surface area contributed by atoms with Crippen molar-refractivity contribution in [1.82, 2.24) is 0 Å². The van der Waals surface area contributed by atoms with Gasteiger partial charge >= 0.3 is 5.97 Å². The summed E-state index contributed by atoms with van der Waals surface area (Å²) in [6.45, 7) is 5.27. The average Bonchev–Trinajstić information content (AvgIpc) is 2.43. The summed E-state index contributed by atoms with van der Waals surface area (Å²) in [5, 5.41) is 7.00. The second-order valence-electron chi connectivity index (χ2n) is 4.52. The monoisotopic (exact) mass is 270 g/mol. The lowest BCUT2D eigenvalue weighted by molar-refractivity contribution is -0.870. The first-order valence-corrected chi connectivity index (χ1v) is 6.46. The van der Waals surface area contributed by atoms with Crippen molar-refractivity contribution in [2.75, 3.05) is 41.4 Å². The van der Waals surface area contributed by atoms with Gasteiger partial charge < -0.3 is 14.3 Å². The van der Waals surface area contributed by atoms with Gasteiger partial charge in [0.1, 0.15) is 13.2 Å². The van der Waals surface area contributed by atoms with Gasteiger partial charge in [-0.15, -0.1) is 0 Å². The van der Waals surface area contributed by atoms with E-state index >= 15 is 0 Å². The summed E-state index contributed by atoms with van der Waals surface area (Å²) in [7, 11) is 7.20. The predicted octanol–water partition coefficient (Wildman–Crippen LogP) is 2.18. The van der Waals surface area contributed by atoms with Crippen molar-refractivity contribution in [1.29, 1.82) is 0 Å². The van der Waals surface area contributed by atoms with Crippen LogP contribution in [-0.2, 0) is 4.74 Å². The molecule has 1 aromatic rings. The molecule has 0 amide bonds. The Labute approximate surface area is 117 Å². The van der Waals surface area contributed by atoms with E-state index in [2.05, 4.69) is 21.1 Å². The van der Waals surface area contributed by atoms with Crippen molar-refractivity contribution in [3.05, 3.63) is 35.9 Å². The van der Waals surface area contributed by atoms with Crippen LogP contribution in [0.3, 0.4) is 0 Å². The number of hydrogen-bond donors (Lipinski definition) is 1. The predicted molar refractivity (Wildman–Crippen MR) is 79.1 cm³/mol. The molecule has 0 atom stereocenters. The first-order chi connectivity index (χ1) is 8.99. The molecule has 0 unspecified atom stereocenters. The van der Waals surface area contributed by atoms with Gasteiger partial charge in [0.05, 0.1) is 26.7 Å². The Morgan fingerprint density at radius 2 is 1.58 bits per heavy atom. The molecule has 19 heavy (non-hydrogen) atoms. The van der Waals surface area contributed by atoms with E-state index in [0.29, 0.717) is 12.2 Å². The van der Waals surface area contributed by atoms with Crippen LogP contribution in [0, 0.1) is 0 Å². The lowest BCUT2D eigenvalue weighted by Gasteiger charge is -2.23. The summed E-state index contributed by atoms with van der Waals surface area (Å²) in [5.41, 5.74) is 0.610. The van der Waals surface area contributed by atoms with Gasteiger partial charge in [-0.05, 0) is 12.1 Å². The van der Waals surface area contributed by atoms with Gasteiger partial charge in [0, 0.05) is 7.11 Å². The molecule has 0 aromatic heterocycles. The molecule has 0 saturated carbocycles. The fourth-order valence-corrected chi connectivity index (χ4v) is 1.07. The number of esters is 1. The average molecular weight is 270 g/mol. The van der Waals surface area contributed by atoms with E-state index in [1.165, 1.54) is 0 Å². The molecule has 0 aliphatic rings. The van der Waals surface area contributed by atoms with Crippen molar-refractivity contribution < 1.29 is 19.1 Å². The van der Waals surface area contributed by atoms with E-state index < -0.39 is 0 Å². The van der Waals surface area contributed by atoms with Gasteiger partial charge in [-0.1, -0.05) is 32.0 Å². The number of carbonyl (C=O) groups excluding carboxylic acids is 1. The zero-order chi connectivity index (χ0) is 15.3. The van der Waals surface area contributed by atoms with E-state index in [4.69, 9.17) is 9.84 Å². The highest BCUT2D eigenvalue weighted by molar-refractivity contribution is 5.89. The third-order valence-electron chi connectivity index (χ3n) is 2.00. The number of aliphatic hydroxyl groups excluding tert-OH is 1. The number of quaternary nitrogens is 1. The standard InChI is InChI=1S/C12H18NO2.C2H6.CH4O/c1-13(2,3)9-10-15-12(14)11-7-5-4-6-8-11;2*1-2/h4-8H,9-10H2,1-3H3;1-2H3;2H,1H3/q+1;;. The highest BCUT2D eigenvalue weighted by Crippen LogP contribution is 2.01. The number of hydrogen-bond acceptors (Lipinski definition) is 3. The Bertz CT molecular complexity index is 318. The smallest absolute Gasteiger partial charge is 0.338 e. The van der Waals surface area contributed by atoms with E-state index in [1.54, 1.807) is 12.1 Å². The van der Waals surface area contributed by atoms with Crippen LogP contribution in [0.4, 0.5) is 0 Å². The molecule has 0 bridgehead atoms. The fourth-order valence-electron chi connectivity index (χ4n) is 1.07. The summed E-state index contributed by atoms with van der Waals surface area (Å²) in [5.74, 6) is -0.246. The maximum atomic E-state index is 11.5. The minimum absolute atomic E-state index is 0.246. The van der Waals surface area contributed by atoms with Crippen LogP contribution >= 0.6 is 0 Å². The number of carbonyl (C=O) groups is 1. The Kier molecular flexibility index (Phi) is 12.3. The molecule has 0 spiro atoms. The summed E-state index contributed by atoms with van der Waals surface area (Å²) in [6.07, 6.45) is 0. The number of ether oxygens (including phenoxy) is 1. The van der Waals surface area contributed by atoms with E-state index in [0.717, 1.165) is 18.1 Å². The molecule has 0 aliphatic carbocycles. The lowest BCUT2D eigenvalue weighted by atomic mass is 10.2. The zero-order valence-corrected chi connectivity index (χ0v) is 13.0. The van der Waals surface area contributed by atoms with Crippen LogP contribution in [0.5, 0.6) is 0 Å². The van der Waals surface area contributed by atoms with E-state index in [-0.39, 0.29) is 5.97 Å². The topological polar surface area (TPSA) is 46.5 Å². The molecule has 0 radical (unpaired) electrons. The minimum atomic E-state index is -0.246. The van der Waals surface area contributed by atoms with Crippen molar-refractivity contribution in [3.63, 3.8) is 0 Å². The largest absolute Gasteiger partial charge is 0.456 e. The summed E-state index contributed by atoms with van der Waals surface area (Å²) < 4.78 is 5.94. The highest BCUT2D eigenvalue weighted by Gasteiger charge is 2.10. The molecule has 0 fully saturated rings. The number of aliphatic hydroxyl groups is 1.